The quantitative estimate of drug-likeness (QED) is 0.630. The van der Waals surface area contributed by atoms with E-state index in [1.807, 2.05) is 24.3 Å². The molecule has 0 aromatic heterocycles. The number of ether oxygens (including phenoxy) is 2. The summed E-state index contributed by atoms with van der Waals surface area (Å²) in [6.45, 7) is 4.71. The second kappa shape index (κ2) is 2.99. The van der Waals surface area contributed by atoms with Gasteiger partial charge < -0.3 is 9.47 Å². The Balaban J connectivity index is 2.51. The lowest BCUT2D eigenvalue weighted by Gasteiger charge is -2.18. The summed E-state index contributed by atoms with van der Waals surface area (Å²) in [7, 11) is 0. The van der Waals surface area contributed by atoms with Crippen LogP contribution in [0.25, 0.3) is 6.08 Å². The zero-order valence-electron chi connectivity index (χ0n) is 6.75. The van der Waals surface area contributed by atoms with Crippen molar-refractivity contribution in [3.8, 4) is 5.75 Å². The minimum absolute atomic E-state index is 0.355. The predicted molar refractivity (Wildman–Crippen MR) is 46.8 cm³/mol. The van der Waals surface area contributed by atoms with Gasteiger partial charge in [0.2, 0.25) is 0 Å². The largest absolute Gasteiger partial charge is 0.467 e. The van der Waals surface area contributed by atoms with Crippen LogP contribution in [-0.4, -0.2) is 6.79 Å². The minimum atomic E-state index is 0.355. The van der Waals surface area contributed by atoms with Crippen LogP contribution in [0.4, 0.5) is 0 Å². The van der Waals surface area contributed by atoms with Crippen molar-refractivity contribution in [3.05, 3.63) is 35.9 Å². The molecule has 2 heteroatoms. The Morgan fingerprint density at radius 2 is 2.33 bits per heavy atom. The summed E-state index contributed by atoms with van der Waals surface area (Å²) in [6.07, 6.45) is 1.82. The molecular weight excluding hydrogens is 152 g/mol. The zero-order chi connectivity index (χ0) is 8.39. The maximum atomic E-state index is 5.30. The molecule has 0 unspecified atom stereocenters. The molecule has 1 aromatic carbocycles. The van der Waals surface area contributed by atoms with Gasteiger partial charge in [-0.15, -0.1) is 0 Å². The molecule has 0 saturated heterocycles. The highest BCUT2D eigenvalue weighted by atomic mass is 16.7. The second-order valence-electron chi connectivity index (χ2n) is 2.64. The fraction of sp³-hybridized carbons (Fsp3) is 0.200. The van der Waals surface area contributed by atoms with Crippen molar-refractivity contribution in [3.63, 3.8) is 0 Å². The number of hydrogen-bond donors (Lipinski definition) is 0. The summed E-state index contributed by atoms with van der Waals surface area (Å²) >= 11 is 0. The van der Waals surface area contributed by atoms with Crippen molar-refractivity contribution in [2.75, 3.05) is 6.79 Å². The highest BCUT2D eigenvalue weighted by molar-refractivity contribution is 5.56. The van der Waals surface area contributed by atoms with Gasteiger partial charge in [0.05, 0.1) is 6.61 Å². The van der Waals surface area contributed by atoms with Crippen LogP contribution in [0, 0.1) is 0 Å². The smallest absolute Gasteiger partial charge is 0.189 e. The van der Waals surface area contributed by atoms with E-state index in [1.165, 1.54) is 0 Å². The first-order chi connectivity index (χ1) is 5.92. The monoisotopic (exact) mass is 162 g/mol. The molecule has 0 amide bonds. The van der Waals surface area contributed by atoms with E-state index in [0.717, 1.165) is 16.9 Å². The molecule has 1 aliphatic rings. The van der Waals surface area contributed by atoms with Crippen LogP contribution in [0.5, 0.6) is 5.75 Å². The first kappa shape index (κ1) is 7.37. The minimum Gasteiger partial charge on any atom is -0.467 e. The summed E-state index contributed by atoms with van der Waals surface area (Å²) in [6, 6.07) is 5.91. The standard InChI is InChI=1S/C10H10O2/c1-2-8-4-3-5-10-9(8)6-11-7-12-10/h2-5H,1,6-7H2. The van der Waals surface area contributed by atoms with Crippen molar-refractivity contribution in [2.45, 2.75) is 6.61 Å². The van der Waals surface area contributed by atoms with Crippen molar-refractivity contribution in [1.82, 2.24) is 0 Å². The van der Waals surface area contributed by atoms with E-state index in [0.29, 0.717) is 13.4 Å². The van der Waals surface area contributed by atoms with E-state index in [9.17, 15) is 0 Å². The summed E-state index contributed by atoms with van der Waals surface area (Å²) in [5, 5.41) is 0. The summed E-state index contributed by atoms with van der Waals surface area (Å²) in [5.74, 6) is 0.915. The normalized spacial score (nSPS) is 14.7. The van der Waals surface area contributed by atoms with Crippen molar-refractivity contribution < 1.29 is 9.47 Å². The van der Waals surface area contributed by atoms with Gasteiger partial charge in [-0.2, -0.15) is 0 Å². The molecule has 0 fully saturated rings. The molecule has 0 bridgehead atoms. The Hall–Kier alpha value is -1.28. The third kappa shape index (κ3) is 1.10. The fourth-order valence-corrected chi connectivity index (χ4v) is 1.31. The van der Waals surface area contributed by atoms with Crippen LogP contribution < -0.4 is 4.74 Å². The van der Waals surface area contributed by atoms with Gasteiger partial charge >= 0.3 is 0 Å². The first-order valence-electron chi connectivity index (χ1n) is 3.86. The molecule has 0 spiro atoms. The van der Waals surface area contributed by atoms with Gasteiger partial charge in [0.15, 0.2) is 6.79 Å². The SMILES string of the molecule is C=Cc1cccc2c1COCO2. The van der Waals surface area contributed by atoms with Crippen molar-refractivity contribution >= 4 is 6.08 Å². The Bertz CT molecular complexity index is 305. The average molecular weight is 162 g/mol. The maximum Gasteiger partial charge on any atom is 0.189 e. The van der Waals surface area contributed by atoms with Gasteiger partial charge in [0.25, 0.3) is 0 Å². The average Bonchev–Trinajstić information content (AvgIpc) is 2.17. The Kier molecular flexibility index (Phi) is 1.84. The lowest BCUT2D eigenvalue weighted by molar-refractivity contribution is -0.0164. The van der Waals surface area contributed by atoms with Gasteiger partial charge in [0, 0.05) is 5.56 Å². The van der Waals surface area contributed by atoms with E-state index < -0.39 is 0 Å². The van der Waals surface area contributed by atoms with Gasteiger partial charge in [-0.1, -0.05) is 24.8 Å². The van der Waals surface area contributed by atoms with Crippen LogP contribution in [0.15, 0.2) is 24.8 Å². The summed E-state index contributed by atoms with van der Waals surface area (Å²) in [4.78, 5) is 0. The van der Waals surface area contributed by atoms with Gasteiger partial charge in [-0.25, -0.2) is 0 Å². The number of fused-ring (bicyclic) bond motifs is 1. The van der Waals surface area contributed by atoms with E-state index >= 15 is 0 Å². The van der Waals surface area contributed by atoms with Crippen LogP contribution in [0.1, 0.15) is 11.1 Å². The van der Waals surface area contributed by atoms with Crippen LogP contribution in [0.2, 0.25) is 0 Å². The van der Waals surface area contributed by atoms with Gasteiger partial charge in [0.1, 0.15) is 5.75 Å². The van der Waals surface area contributed by atoms with Crippen molar-refractivity contribution in [2.24, 2.45) is 0 Å². The molecule has 1 heterocycles. The van der Waals surface area contributed by atoms with E-state index in [1.54, 1.807) is 0 Å². The van der Waals surface area contributed by atoms with E-state index in [-0.39, 0.29) is 0 Å². The third-order valence-corrected chi connectivity index (χ3v) is 1.93. The molecule has 2 nitrogen and oxygen atoms in total. The van der Waals surface area contributed by atoms with E-state index in [2.05, 4.69) is 6.58 Å². The van der Waals surface area contributed by atoms with E-state index in [4.69, 9.17) is 9.47 Å². The maximum absolute atomic E-state index is 5.30. The molecule has 62 valence electrons. The first-order valence-corrected chi connectivity index (χ1v) is 3.86. The Morgan fingerprint density at radius 3 is 3.17 bits per heavy atom. The zero-order valence-corrected chi connectivity index (χ0v) is 6.75. The number of hydrogen-bond acceptors (Lipinski definition) is 2. The molecular formula is C10H10O2. The molecule has 0 N–H and O–H groups in total. The second-order valence-corrected chi connectivity index (χ2v) is 2.64. The molecule has 0 aliphatic carbocycles. The van der Waals surface area contributed by atoms with Crippen LogP contribution in [0.3, 0.4) is 0 Å². The molecule has 0 atom stereocenters. The van der Waals surface area contributed by atoms with Gasteiger partial charge in [-0.3, -0.25) is 0 Å². The molecule has 1 aliphatic heterocycles. The van der Waals surface area contributed by atoms with Crippen LogP contribution in [-0.2, 0) is 11.3 Å². The number of rotatable bonds is 1. The lowest BCUT2D eigenvalue weighted by atomic mass is 10.1. The molecule has 12 heavy (non-hydrogen) atoms. The summed E-state index contributed by atoms with van der Waals surface area (Å²) < 4.78 is 10.5. The van der Waals surface area contributed by atoms with Gasteiger partial charge in [-0.05, 0) is 11.6 Å². The predicted octanol–water partition coefficient (Wildman–Crippen LogP) is 2.20. The topological polar surface area (TPSA) is 18.5 Å². The molecule has 0 saturated carbocycles. The molecule has 2 rings (SSSR count). The third-order valence-electron chi connectivity index (χ3n) is 1.93. The Morgan fingerprint density at radius 1 is 1.42 bits per heavy atom. The molecule has 0 radical (unpaired) electrons. The lowest BCUT2D eigenvalue weighted by Crippen LogP contribution is -2.12. The van der Waals surface area contributed by atoms with Crippen molar-refractivity contribution in [1.29, 1.82) is 0 Å². The summed E-state index contributed by atoms with van der Waals surface area (Å²) in [5.41, 5.74) is 2.19. The Labute approximate surface area is 71.4 Å². The highest BCUT2D eigenvalue weighted by Crippen LogP contribution is 2.26. The van der Waals surface area contributed by atoms with Crippen LogP contribution >= 0.6 is 0 Å². The molecule has 1 aromatic rings. The number of benzene rings is 1. The fourth-order valence-electron chi connectivity index (χ4n) is 1.31. The highest BCUT2D eigenvalue weighted by Gasteiger charge is 2.11.